The molecule has 1 saturated carbocycles. The normalized spacial score (nSPS) is 26.6. The Kier molecular flexibility index (Phi) is 4.15. The van der Waals surface area contributed by atoms with Gasteiger partial charge in [0, 0.05) is 22.2 Å². The third-order valence-corrected chi connectivity index (χ3v) is 5.21. The van der Waals surface area contributed by atoms with Crippen molar-refractivity contribution in [1.82, 2.24) is 4.98 Å². The van der Waals surface area contributed by atoms with Gasteiger partial charge in [0.15, 0.2) is 0 Å². The second-order valence-electron chi connectivity index (χ2n) is 5.01. The fourth-order valence-corrected chi connectivity index (χ4v) is 4.13. The predicted octanol–water partition coefficient (Wildman–Crippen LogP) is 2.49. The van der Waals surface area contributed by atoms with Gasteiger partial charge in [-0.25, -0.2) is 4.98 Å². The van der Waals surface area contributed by atoms with E-state index in [0.29, 0.717) is 16.8 Å². The van der Waals surface area contributed by atoms with E-state index in [-0.39, 0.29) is 0 Å². The van der Waals surface area contributed by atoms with Crippen LogP contribution in [-0.2, 0) is 16.6 Å². The number of nitrogens with two attached hydrogens (primary N) is 1. The molecule has 1 heterocycles. The molecule has 0 radical (unpaired) electrons. The van der Waals surface area contributed by atoms with E-state index in [9.17, 15) is 4.21 Å². The third-order valence-electron chi connectivity index (χ3n) is 3.42. The van der Waals surface area contributed by atoms with Crippen molar-refractivity contribution >= 4 is 16.6 Å². The molecule has 1 aliphatic carbocycles. The molecule has 94 valence electrons. The van der Waals surface area contributed by atoms with Gasteiger partial charge in [-0.1, -0.05) is 25.8 Å². The molecule has 1 fully saturated rings. The first-order chi connectivity index (χ1) is 8.15. The number of rotatable bonds is 3. The summed E-state index contributed by atoms with van der Waals surface area (Å²) in [5.41, 5.74) is 6.56. The van der Waals surface area contributed by atoms with E-state index >= 15 is 0 Å². The molecule has 3 unspecified atom stereocenters. The summed E-state index contributed by atoms with van der Waals surface area (Å²) in [7, 11) is -0.766. The molecule has 0 amide bonds. The largest absolute Gasteiger partial charge is 0.384 e. The number of hydrogen-bond donors (Lipinski definition) is 1. The van der Waals surface area contributed by atoms with Crippen LogP contribution in [0.15, 0.2) is 18.3 Å². The highest BCUT2D eigenvalue weighted by atomic mass is 32.2. The molecular weight excluding hydrogens is 232 g/mol. The monoisotopic (exact) mass is 252 g/mol. The second kappa shape index (κ2) is 5.63. The molecule has 17 heavy (non-hydrogen) atoms. The zero-order valence-electron chi connectivity index (χ0n) is 10.3. The molecule has 1 aliphatic rings. The Bertz CT molecular complexity index is 391. The average Bonchev–Trinajstić information content (AvgIpc) is 2.32. The maximum atomic E-state index is 12.3. The lowest BCUT2D eigenvalue weighted by Gasteiger charge is -2.26. The second-order valence-corrected chi connectivity index (χ2v) is 6.73. The lowest BCUT2D eigenvalue weighted by atomic mass is 9.91. The summed E-state index contributed by atoms with van der Waals surface area (Å²) in [5.74, 6) is 1.86. The quantitative estimate of drug-likeness (QED) is 0.899. The van der Waals surface area contributed by atoms with Crippen molar-refractivity contribution in [2.24, 2.45) is 5.92 Å². The van der Waals surface area contributed by atoms with Gasteiger partial charge in [-0.05, 0) is 30.4 Å². The van der Waals surface area contributed by atoms with Crippen LogP contribution in [0.25, 0.3) is 0 Å². The van der Waals surface area contributed by atoms with Crippen LogP contribution in [0.1, 0.15) is 38.2 Å². The minimum Gasteiger partial charge on any atom is -0.384 e. The number of hydrogen-bond acceptors (Lipinski definition) is 3. The van der Waals surface area contributed by atoms with Gasteiger partial charge in [0.25, 0.3) is 0 Å². The number of nitrogens with zero attached hydrogens (tertiary/aromatic N) is 1. The fraction of sp³-hybridized carbons (Fsp3) is 0.615. The van der Waals surface area contributed by atoms with Gasteiger partial charge in [-0.2, -0.15) is 0 Å². The smallest absolute Gasteiger partial charge is 0.123 e. The molecule has 3 atom stereocenters. The van der Waals surface area contributed by atoms with Crippen LogP contribution in [0.5, 0.6) is 0 Å². The molecule has 0 saturated heterocycles. The first kappa shape index (κ1) is 12.6. The van der Waals surface area contributed by atoms with Crippen LogP contribution >= 0.6 is 0 Å². The minimum absolute atomic E-state index is 0.372. The number of pyridine rings is 1. The Morgan fingerprint density at radius 2 is 2.29 bits per heavy atom. The van der Waals surface area contributed by atoms with E-state index in [0.717, 1.165) is 24.3 Å². The van der Waals surface area contributed by atoms with Gasteiger partial charge in [0.05, 0.1) is 5.75 Å². The molecule has 3 nitrogen and oxygen atoms in total. The SMILES string of the molecule is CC1CCCC(S(=O)Cc2ccc(N)nc2)C1. The Balaban J connectivity index is 1.94. The molecule has 4 heteroatoms. The lowest BCUT2D eigenvalue weighted by Crippen LogP contribution is -2.24. The fourth-order valence-electron chi connectivity index (χ4n) is 2.42. The van der Waals surface area contributed by atoms with E-state index in [4.69, 9.17) is 5.73 Å². The van der Waals surface area contributed by atoms with Gasteiger partial charge in [0.1, 0.15) is 5.82 Å². The van der Waals surface area contributed by atoms with E-state index in [1.807, 2.05) is 6.07 Å². The molecule has 0 aliphatic heterocycles. The maximum absolute atomic E-state index is 12.3. The van der Waals surface area contributed by atoms with Gasteiger partial charge in [-0.3, -0.25) is 4.21 Å². The first-order valence-corrected chi connectivity index (χ1v) is 7.61. The topological polar surface area (TPSA) is 56.0 Å². The highest BCUT2D eigenvalue weighted by molar-refractivity contribution is 7.84. The Morgan fingerprint density at radius 1 is 1.47 bits per heavy atom. The number of aromatic nitrogens is 1. The average molecular weight is 252 g/mol. The Morgan fingerprint density at radius 3 is 2.94 bits per heavy atom. The summed E-state index contributed by atoms with van der Waals surface area (Å²) < 4.78 is 12.3. The summed E-state index contributed by atoms with van der Waals surface area (Å²) >= 11 is 0. The molecule has 2 rings (SSSR count). The van der Waals surface area contributed by atoms with Crippen molar-refractivity contribution in [3.8, 4) is 0 Å². The summed E-state index contributed by atoms with van der Waals surface area (Å²) in [6, 6.07) is 3.70. The van der Waals surface area contributed by atoms with Crippen LogP contribution in [0, 0.1) is 5.92 Å². The standard InChI is InChI=1S/C13H20N2OS/c1-10-3-2-4-12(7-10)17(16)9-11-5-6-13(14)15-8-11/h5-6,8,10,12H,2-4,7,9H2,1H3,(H2,14,15). The van der Waals surface area contributed by atoms with Crippen molar-refractivity contribution in [3.63, 3.8) is 0 Å². The van der Waals surface area contributed by atoms with Crippen LogP contribution < -0.4 is 5.73 Å². The molecule has 1 aromatic rings. The first-order valence-electron chi connectivity index (χ1n) is 6.22. The number of anilines is 1. The van der Waals surface area contributed by atoms with Gasteiger partial charge < -0.3 is 5.73 Å². The van der Waals surface area contributed by atoms with Gasteiger partial charge >= 0.3 is 0 Å². The maximum Gasteiger partial charge on any atom is 0.123 e. The molecular formula is C13H20N2OS. The van der Waals surface area contributed by atoms with E-state index < -0.39 is 10.8 Å². The van der Waals surface area contributed by atoms with E-state index in [1.165, 1.54) is 12.8 Å². The Hall–Kier alpha value is -0.900. The van der Waals surface area contributed by atoms with Crippen molar-refractivity contribution < 1.29 is 4.21 Å². The zero-order chi connectivity index (χ0) is 12.3. The molecule has 0 bridgehead atoms. The molecule has 0 aromatic carbocycles. The minimum atomic E-state index is -0.766. The van der Waals surface area contributed by atoms with Crippen molar-refractivity contribution in [3.05, 3.63) is 23.9 Å². The van der Waals surface area contributed by atoms with E-state index in [2.05, 4.69) is 11.9 Å². The lowest BCUT2D eigenvalue weighted by molar-refractivity contribution is 0.389. The van der Waals surface area contributed by atoms with Crippen molar-refractivity contribution in [1.29, 1.82) is 0 Å². The summed E-state index contributed by atoms with van der Waals surface area (Å²) in [4.78, 5) is 4.04. The highest BCUT2D eigenvalue weighted by Crippen LogP contribution is 2.28. The summed E-state index contributed by atoms with van der Waals surface area (Å²) in [5, 5.41) is 0.372. The third kappa shape index (κ3) is 3.53. The Labute approximate surface area is 105 Å². The number of nitrogen functional groups attached to an aromatic ring is 1. The molecule has 0 spiro atoms. The molecule has 1 aromatic heterocycles. The van der Waals surface area contributed by atoms with Crippen LogP contribution in [0.2, 0.25) is 0 Å². The van der Waals surface area contributed by atoms with E-state index in [1.54, 1.807) is 12.3 Å². The van der Waals surface area contributed by atoms with Crippen molar-refractivity contribution in [2.45, 2.75) is 43.6 Å². The van der Waals surface area contributed by atoms with Crippen molar-refractivity contribution in [2.75, 3.05) is 5.73 Å². The molecule has 2 N–H and O–H groups in total. The highest BCUT2D eigenvalue weighted by Gasteiger charge is 2.23. The van der Waals surface area contributed by atoms with Crippen LogP contribution in [0.3, 0.4) is 0 Å². The van der Waals surface area contributed by atoms with Gasteiger partial charge in [0.2, 0.25) is 0 Å². The van der Waals surface area contributed by atoms with Gasteiger partial charge in [-0.15, -0.1) is 0 Å². The summed E-state index contributed by atoms with van der Waals surface area (Å²) in [6.45, 7) is 2.26. The zero-order valence-corrected chi connectivity index (χ0v) is 11.1. The summed E-state index contributed by atoms with van der Waals surface area (Å²) in [6.07, 6.45) is 6.46. The predicted molar refractivity (Wildman–Crippen MR) is 71.9 cm³/mol. The van der Waals surface area contributed by atoms with Crippen LogP contribution in [-0.4, -0.2) is 14.4 Å². The van der Waals surface area contributed by atoms with Crippen LogP contribution in [0.4, 0.5) is 5.82 Å².